The zero-order valence-electron chi connectivity index (χ0n) is 15.1. The fourth-order valence-electron chi connectivity index (χ4n) is 3.92. The predicted molar refractivity (Wildman–Crippen MR) is 99.1 cm³/mol. The average Bonchev–Trinajstić information content (AvgIpc) is 2.94. The molecular formula is C20H21NO5S. The van der Waals surface area contributed by atoms with E-state index in [1.165, 1.54) is 4.31 Å². The van der Waals surface area contributed by atoms with Crippen molar-refractivity contribution < 1.29 is 22.7 Å². The SMILES string of the molecule is CCOc1ccccc1S(=O)(=O)N1CCCC2(C1)OC(=O)c1ccccc12. The molecule has 1 unspecified atom stereocenters. The highest BCUT2D eigenvalue weighted by Crippen LogP contribution is 2.44. The van der Waals surface area contributed by atoms with Crippen molar-refractivity contribution >= 4 is 16.0 Å². The molecule has 2 aliphatic heterocycles. The second kappa shape index (κ2) is 6.65. The van der Waals surface area contributed by atoms with Gasteiger partial charge in [0.25, 0.3) is 0 Å². The lowest BCUT2D eigenvalue weighted by Crippen LogP contribution is -2.48. The van der Waals surface area contributed by atoms with Crippen LogP contribution in [0.1, 0.15) is 35.7 Å². The highest BCUT2D eigenvalue weighted by atomic mass is 32.2. The van der Waals surface area contributed by atoms with Crippen molar-refractivity contribution in [1.82, 2.24) is 4.31 Å². The molecule has 142 valence electrons. The molecule has 1 saturated heterocycles. The van der Waals surface area contributed by atoms with E-state index in [0.29, 0.717) is 37.3 Å². The third-order valence-corrected chi connectivity index (χ3v) is 7.00. The summed E-state index contributed by atoms with van der Waals surface area (Å²) in [4.78, 5) is 12.4. The molecule has 4 rings (SSSR count). The number of carbonyl (C=O) groups excluding carboxylic acids is 1. The van der Waals surface area contributed by atoms with Gasteiger partial charge in [0.05, 0.1) is 18.7 Å². The zero-order chi connectivity index (χ0) is 19.1. The molecule has 2 heterocycles. The van der Waals surface area contributed by atoms with Crippen molar-refractivity contribution in [2.45, 2.75) is 30.3 Å². The molecule has 0 bridgehead atoms. The minimum Gasteiger partial charge on any atom is -0.492 e. The maximum atomic E-state index is 13.3. The molecule has 1 fully saturated rings. The van der Waals surface area contributed by atoms with Gasteiger partial charge in [0.1, 0.15) is 10.6 Å². The Labute approximate surface area is 158 Å². The second-order valence-corrected chi connectivity index (χ2v) is 8.66. The predicted octanol–water partition coefficient (Wildman–Crippen LogP) is 2.94. The monoisotopic (exact) mass is 387 g/mol. The van der Waals surface area contributed by atoms with E-state index in [9.17, 15) is 13.2 Å². The normalized spacial score (nSPS) is 22.5. The van der Waals surface area contributed by atoms with E-state index in [4.69, 9.17) is 9.47 Å². The van der Waals surface area contributed by atoms with Crippen LogP contribution in [0.4, 0.5) is 0 Å². The topological polar surface area (TPSA) is 72.9 Å². The van der Waals surface area contributed by atoms with Crippen LogP contribution in [0.2, 0.25) is 0 Å². The lowest BCUT2D eigenvalue weighted by atomic mass is 9.86. The second-order valence-electron chi connectivity index (χ2n) is 6.75. The number of sulfonamides is 1. The van der Waals surface area contributed by atoms with Crippen LogP contribution in [-0.2, 0) is 20.4 Å². The minimum atomic E-state index is -3.78. The summed E-state index contributed by atoms with van der Waals surface area (Å²) in [7, 11) is -3.78. The fourth-order valence-corrected chi connectivity index (χ4v) is 5.57. The Kier molecular flexibility index (Phi) is 4.44. The molecular weight excluding hydrogens is 366 g/mol. The molecule has 0 N–H and O–H groups in total. The van der Waals surface area contributed by atoms with E-state index < -0.39 is 15.6 Å². The van der Waals surface area contributed by atoms with Crippen molar-refractivity contribution in [2.24, 2.45) is 0 Å². The minimum absolute atomic E-state index is 0.110. The Morgan fingerprint density at radius 1 is 1.15 bits per heavy atom. The Bertz CT molecular complexity index is 987. The first-order chi connectivity index (χ1) is 13.0. The molecule has 2 aromatic carbocycles. The Morgan fingerprint density at radius 2 is 1.89 bits per heavy atom. The summed E-state index contributed by atoms with van der Waals surface area (Å²) in [5.41, 5.74) is 0.374. The average molecular weight is 387 g/mol. The third-order valence-electron chi connectivity index (χ3n) is 5.11. The highest BCUT2D eigenvalue weighted by Gasteiger charge is 2.50. The maximum absolute atomic E-state index is 13.3. The largest absolute Gasteiger partial charge is 0.492 e. The molecule has 2 aliphatic rings. The summed E-state index contributed by atoms with van der Waals surface area (Å²) >= 11 is 0. The number of para-hydroxylation sites is 1. The summed E-state index contributed by atoms with van der Waals surface area (Å²) in [6.07, 6.45) is 1.21. The van der Waals surface area contributed by atoms with Gasteiger partial charge >= 0.3 is 5.97 Å². The van der Waals surface area contributed by atoms with Crippen LogP contribution in [0.3, 0.4) is 0 Å². The Hall–Kier alpha value is -2.38. The lowest BCUT2D eigenvalue weighted by molar-refractivity contribution is -0.0345. The van der Waals surface area contributed by atoms with Gasteiger partial charge in [0, 0.05) is 12.1 Å². The van der Waals surface area contributed by atoms with Gasteiger partial charge in [-0.2, -0.15) is 4.31 Å². The molecule has 1 spiro atoms. The zero-order valence-corrected chi connectivity index (χ0v) is 15.9. The number of hydrogen-bond acceptors (Lipinski definition) is 5. The van der Waals surface area contributed by atoms with Gasteiger partial charge in [0.15, 0.2) is 5.60 Å². The van der Waals surface area contributed by atoms with Crippen LogP contribution in [0.15, 0.2) is 53.4 Å². The van der Waals surface area contributed by atoms with E-state index in [-0.39, 0.29) is 17.4 Å². The Balaban J connectivity index is 1.71. The quantitative estimate of drug-likeness (QED) is 0.754. The number of rotatable bonds is 4. The summed E-state index contributed by atoms with van der Waals surface area (Å²) in [5, 5.41) is 0. The van der Waals surface area contributed by atoms with Gasteiger partial charge in [0.2, 0.25) is 10.0 Å². The first-order valence-corrected chi connectivity index (χ1v) is 10.5. The van der Waals surface area contributed by atoms with Gasteiger partial charge in [-0.3, -0.25) is 0 Å². The van der Waals surface area contributed by atoms with Crippen molar-refractivity contribution in [3.05, 3.63) is 59.7 Å². The van der Waals surface area contributed by atoms with Crippen molar-refractivity contribution in [3.63, 3.8) is 0 Å². The maximum Gasteiger partial charge on any atom is 0.339 e. The van der Waals surface area contributed by atoms with Crippen LogP contribution in [-0.4, -0.2) is 38.4 Å². The smallest absolute Gasteiger partial charge is 0.339 e. The third kappa shape index (κ3) is 2.91. The summed E-state index contributed by atoms with van der Waals surface area (Å²) in [5.74, 6) is -0.0528. The molecule has 1 atom stereocenters. The molecule has 0 aliphatic carbocycles. The number of carbonyl (C=O) groups is 1. The number of piperidine rings is 1. The summed E-state index contributed by atoms with van der Waals surface area (Å²) in [6, 6.07) is 13.8. The van der Waals surface area contributed by atoms with Crippen LogP contribution in [0, 0.1) is 0 Å². The number of esters is 1. The molecule has 2 aromatic rings. The number of nitrogens with zero attached hydrogens (tertiary/aromatic N) is 1. The first kappa shape index (κ1) is 18.0. The van der Waals surface area contributed by atoms with E-state index in [1.807, 2.05) is 19.1 Å². The van der Waals surface area contributed by atoms with Gasteiger partial charge < -0.3 is 9.47 Å². The molecule has 0 aromatic heterocycles. The lowest BCUT2D eigenvalue weighted by Gasteiger charge is -2.38. The van der Waals surface area contributed by atoms with Crippen molar-refractivity contribution in [3.8, 4) is 5.75 Å². The van der Waals surface area contributed by atoms with Crippen LogP contribution < -0.4 is 4.74 Å². The fraction of sp³-hybridized carbons (Fsp3) is 0.350. The molecule has 0 radical (unpaired) electrons. The van der Waals surface area contributed by atoms with Gasteiger partial charge in [-0.05, 0) is 38.0 Å². The van der Waals surface area contributed by atoms with E-state index >= 15 is 0 Å². The number of ether oxygens (including phenoxy) is 2. The van der Waals surface area contributed by atoms with Crippen LogP contribution in [0.25, 0.3) is 0 Å². The number of hydrogen-bond donors (Lipinski definition) is 0. The van der Waals surface area contributed by atoms with E-state index in [2.05, 4.69) is 0 Å². The molecule has 7 heteroatoms. The standard InChI is InChI=1S/C20H21NO5S/c1-2-25-17-10-5-6-11-18(17)27(23,24)21-13-7-12-20(14-21)16-9-4-3-8-15(16)19(22)26-20/h3-6,8-11H,2,7,12-14H2,1H3. The molecule has 6 nitrogen and oxygen atoms in total. The van der Waals surface area contributed by atoms with Crippen molar-refractivity contribution in [2.75, 3.05) is 19.7 Å². The highest BCUT2D eigenvalue weighted by molar-refractivity contribution is 7.89. The molecule has 27 heavy (non-hydrogen) atoms. The van der Waals surface area contributed by atoms with Crippen LogP contribution in [0.5, 0.6) is 5.75 Å². The van der Waals surface area contributed by atoms with Gasteiger partial charge in [-0.25, -0.2) is 13.2 Å². The first-order valence-electron chi connectivity index (χ1n) is 9.03. The van der Waals surface area contributed by atoms with E-state index in [0.717, 1.165) is 5.56 Å². The summed E-state index contributed by atoms with van der Waals surface area (Å²) in [6.45, 7) is 2.68. The molecule has 0 amide bonds. The molecule has 0 saturated carbocycles. The number of benzene rings is 2. The van der Waals surface area contributed by atoms with E-state index in [1.54, 1.807) is 36.4 Å². The van der Waals surface area contributed by atoms with Crippen molar-refractivity contribution in [1.29, 1.82) is 0 Å². The van der Waals surface area contributed by atoms with Gasteiger partial charge in [-0.15, -0.1) is 0 Å². The van der Waals surface area contributed by atoms with Gasteiger partial charge in [-0.1, -0.05) is 30.3 Å². The summed E-state index contributed by atoms with van der Waals surface area (Å²) < 4.78 is 39.3. The Morgan fingerprint density at radius 3 is 2.70 bits per heavy atom. The number of fused-ring (bicyclic) bond motifs is 2. The van der Waals surface area contributed by atoms with Crippen LogP contribution >= 0.6 is 0 Å².